The van der Waals surface area contributed by atoms with E-state index < -0.39 is 0 Å². The average molecular weight is 191 g/mol. The Bertz CT molecular complexity index is 311. The van der Waals surface area contributed by atoms with Crippen LogP contribution in [-0.2, 0) is 0 Å². The van der Waals surface area contributed by atoms with Crippen molar-refractivity contribution in [2.75, 3.05) is 13.7 Å². The van der Waals surface area contributed by atoms with Gasteiger partial charge in [-0.1, -0.05) is 25.1 Å². The third-order valence-electron chi connectivity index (χ3n) is 3.01. The van der Waals surface area contributed by atoms with E-state index >= 15 is 0 Å². The topological polar surface area (TPSA) is 21.3 Å². The van der Waals surface area contributed by atoms with Crippen LogP contribution in [0.25, 0.3) is 0 Å². The monoisotopic (exact) mass is 191 g/mol. The van der Waals surface area contributed by atoms with Crippen molar-refractivity contribution in [3.63, 3.8) is 0 Å². The molecule has 1 saturated heterocycles. The van der Waals surface area contributed by atoms with Crippen molar-refractivity contribution in [1.29, 1.82) is 0 Å². The molecule has 1 aromatic carbocycles. The highest BCUT2D eigenvalue weighted by molar-refractivity contribution is 5.36. The molecular formula is C12H17NO. The summed E-state index contributed by atoms with van der Waals surface area (Å²) in [5.74, 6) is 1.70. The first-order chi connectivity index (χ1) is 6.83. The predicted molar refractivity (Wildman–Crippen MR) is 57.5 cm³/mol. The Labute approximate surface area is 85.3 Å². The van der Waals surface area contributed by atoms with E-state index in [1.165, 1.54) is 12.0 Å². The van der Waals surface area contributed by atoms with Gasteiger partial charge in [0, 0.05) is 11.6 Å². The molecule has 1 fully saturated rings. The Hall–Kier alpha value is -1.02. The van der Waals surface area contributed by atoms with Crippen LogP contribution in [0.5, 0.6) is 5.75 Å². The largest absolute Gasteiger partial charge is 0.496 e. The van der Waals surface area contributed by atoms with Gasteiger partial charge in [-0.05, 0) is 24.9 Å². The molecular weight excluding hydrogens is 174 g/mol. The van der Waals surface area contributed by atoms with E-state index in [-0.39, 0.29) is 0 Å². The van der Waals surface area contributed by atoms with E-state index in [4.69, 9.17) is 4.74 Å². The Morgan fingerprint density at radius 1 is 1.36 bits per heavy atom. The third kappa shape index (κ3) is 1.62. The van der Waals surface area contributed by atoms with E-state index in [9.17, 15) is 0 Å². The van der Waals surface area contributed by atoms with Crippen molar-refractivity contribution >= 4 is 0 Å². The maximum atomic E-state index is 5.37. The van der Waals surface area contributed by atoms with Gasteiger partial charge in [0.05, 0.1) is 7.11 Å². The van der Waals surface area contributed by atoms with Gasteiger partial charge in [-0.25, -0.2) is 0 Å². The zero-order valence-corrected chi connectivity index (χ0v) is 8.79. The van der Waals surface area contributed by atoms with Crippen molar-refractivity contribution in [3.8, 4) is 5.75 Å². The standard InChI is InChI=1S/C12H17NO/c1-9-7-8-13-12(9)10-5-3-4-6-11(10)14-2/h3-6,9,12-13H,7-8H2,1-2H3/t9-,12-/m0/s1. The number of hydrogen-bond acceptors (Lipinski definition) is 2. The molecule has 2 heteroatoms. The maximum Gasteiger partial charge on any atom is 0.123 e. The van der Waals surface area contributed by atoms with Gasteiger partial charge < -0.3 is 10.1 Å². The normalized spacial score (nSPS) is 26.4. The molecule has 0 radical (unpaired) electrons. The molecule has 14 heavy (non-hydrogen) atoms. The first-order valence-electron chi connectivity index (χ1n) is 5.19. The van der Waals surface area contributed by atoms with Gasteiger partial charge in [-0.15, -0.1) is 0 Å². The van der Waals surface area contributed by atoms with Crippen LogP contribution >= 0.6 is 0 Å². The fourth-order valence-electron chi connectivity index (χ4n) is 2.17. The van der Waals surface area contributed by atoms with Crippen molar-refractivity contribution in [3.05, 3.63) is 29.8 Å². The average Bonchev–Trinajstić information content (AvgIpc) is 2.64. The Kier molecular flexibility index (Phi) is 2.73. The van der Waals surface area contributed by atoms with Crippen LogP contribution in [0.2, 0.25) is 0 Å². The molecule has 1 aliphatic heterocycles. The predicted octanol–water partition coefficient (Wildman–Crippen LogP) is 2.37. The minimum absolute atomic E-state index is 0.464. The van der Waals surface area contributed by atoms with E-state index in [1.54, 1.807) is 7.11 Å². The lowest BCUT2D eigenvalue weighted by Gasteiger charge is -2.18. The SMILES string of the molecule is COc1ccccc1[C@H]1NCC[C@@H]1C. The lowest BCUT2D eigenvalue weighted by molar-refractivity contribution is 0.394. The van der Waals surface area contributed by atoms with Gasteiger partial charge in [0.1, 0.15) is 5.75 Å². The molecule has 1 heterocycles. The van der Waals surface area contributed by atoms with Crippen molar-refractivity contribution in [1.82, 2.24) is 5.32 Å². The summed E-state index contributed by atoms with van der Waals surface area (Å²) >= 11 is 0. The molecule has 76 valence electrons. The lowest BCUT2D eigenvalue weighted by atomic mass is 9.95. The quantitative estimate of drug-likeness (QED) is 0.775. The van der Waals surface area contributed by atoms with Crippen LogP contribution in [0.15, 0.2) is 24.3 Å². The second kappa shape index (κ2) is 4.01. The van der Waals surface area contributed by atoms with Crippen molar-refractivity contribution < 1.29 is 4.74 Å². The molecule has 1 aliphatic rings. The molecule has 0 spiro atoms. The first kappa shape index (κ1) is 9.53. The number of para-hydroxylation sites is 1. The Balaban J connectivity index is 2.30. The van der Waals surface area contributed by atoms with Gasteiger partial charge >= 0.3 is 0 Å². The zero-order chi connectivity index (χ0) is 9.97. The summed E-state index contributed by atoms with van der Waals surface area (Å²) in [4.78, 5) is 0. The smallest absolute Gasteiger partial charge is 0.123 e. The van der Waals surface area contributed by atoms with Gasteiger partial charge in [0.2, 0.25) is 0 Å². The highest BCUT2D eigenvalue weighted by atomic mass is 16.5. The molecule has 0 bridgehead atoms. The number of nitrogens with one attached hydrogen (secondary N) is 1. The van der Waals surface area contributed by atoms with Gasteiger partial charge in [-0.3, -0.25) is 0 Å². The number of benzene rings is 1. The van der Waals surface area contributed by atoms with Crippen LogP contribution in [0.4, 0.5) is 0 Å². The summed E-state index contributed by atoms with van der Waals surface area (Å²) in [6.45, 7) is 3.40. The minimum Gasteiger partial charge on any atom is -0.496 e. The number of rotatable bonds is 2. The molecule has 0 saturated carbocycles. The summed E-state index contributed by atoms with van der Waals surface area (Å²) in [6, 6.07) is 8.73. The molecule has 1 N–H and O–H groups in total. The van der Waals surface area contributed by atoms with E-state index in [0.717, 1.165) is 12.3 Å². The van der Waals surface area contributed by atoms with E-state index in [2.05, 4.69) is 24.4 Å². The number of hydrogen-bond donors (Lipinski definition) is 1. The van der Waals surface area contributed by atoms with Gasteiger partial charge in [0.25, 0.3) is 0 Å². The van der Waals surface area contributed by atoms with Crippen LogP contribution in [0, 0.1) is 5.92 Å². The summed E-state index contributed by atoms with van der Waals surface area (Å²) in [6.07, 6.45) is 1.25. The number of methoxy groups -OCH3 is 1. The fourth-order valence-corrected chi connectivity index (χ4v) is 2.17. The summed E-state index contributed by atoms with van der Waals surface area (Å²) in [5.41, 5.74) is 1.29. The second-order valence-corrected chi connectivity index (χ2v) is 3.94. The van der Waals surface area contributed by atoms with Crippen molar-refractivity contribution in [2.24, 2.45) is 5.92 Å². The maximum absolute atomic E-state index is 5.37. The molecule has 2 nitrogen and oxygen atoms in total. The molecule has 2 rings (SSSR count). The molecule has 0 unspecified atom stereocenters. The summed E-state index contributed by atoms with van der Waals surface area (Å²) in [5, 5.41) is 3.52. The molecule has 0 aliphatic carbocycles. The second-order valence-electron chi connectivity index (χ2n) is 3.94. The summed E-state index contributed by atoms with van der Waals surface area (Å²) < 4.78 is 5.37. The van der Waals surface area contributed by atoms with Gasteiger partial charge in [0.15, 0.2) is 0 Å². The van der Waals surface area contributed by atoms with E-state index in [0.29, 0.717) is 12.0 Å². The van der Waals surface area contributed by atoms with Crippen LogP contribution in [0.3, 0.4) is 0 Å². The highest BCUT2D eigenvalue weighted by Gasteiger charge is 2.26. The van der Waals surface area contributed by atoms with Crippen LogP contribution in [0.1, 0.15) is 24.9 Å². The first-order valence-corrected chi connectivity index (χ1v) is 5.19. The Morgan fingerprint density at radius 3 is 2.79 bits per heavy atom. The molecule has 0 aromatic heterocycles. The van der Waals surface area contributed by atoms with Crippen LogP contribution in [-0.4, -0.2) is 13.7 Å². The minimum atomic E-state index is 0.464. The highest BCUT2D eigenvalue weighted by Crippen LogP contribution is 2.34. The van der Waals surface area contributed by atoms with E-state index in [1.807, 2.05) is 12.1 Å². The van der Waals surface area contributed by atoms with Crippen LogP contribution < -0.4 is 10.1 Å². The van der Waals surface area contributed by atoms with Crippen molar-refractivity contribution in [2.45, 2.75) is 19.4 Å². The molecule has 0 amide bonds. The molecule has 1 aromatic rings. The fraction of sp³-hybridized carbons (Fsp3) is 0.500. The third-order valence-corrected chi connectivity index (χ3v) is 3.01. The van der Waals surface area contributed by atoms with Gasteiger partial charge in [-0.2, -0.15) is 0 Å². The molecule has 2 atom stereocenters. The Morgan fingerprint density at radius 2 is 2.14 bits per heavy atom. The zero-order valence-electron chi connectivity index (χ0n) is 8.79. The summed E-state index contributed by atoms with van der Waals surface area (Å²) in [7, 11) is 1.73. The number of ether oxygens (including phenoxy) is 1. The lowest BCUT2D eigenvalue weighted by Crippen LogP contribution is -2.17.